The van der Waals surface area contributed by atoms with Crippen LogP contribution in [-0.4, -0.2) is 12.2 Å². The summed E-state index contributed by atoms with van der Waals surface area (Å²) in [6.07, 6.45) is 12.9. The molecule has 0 radical (unpaired) electrons. The van der Waals surface area contributed by atoms with Crippen molar-refractivity contribution < 1.29 is 9.59 Å². The Morgan fingerprint density at radius 1 is 0.710 bits per heavy atom. The van der Waals surface area contributed by atoms with Crippen LogP contribution >= 0.6 is 0 Å². The summed E-state index contributed by atoms with van der Waals surface area (Å²) >= 11 is 0. The van der Waals surface area contributed by atoms with Gasteiger partial charge in [0.15, 0.2) is 0 Å². The molecule has 0 amide bonds. The van der Waals surface area contributed by atoms with Gasteiger partial charge < -0.3 is 0 Å². The van der Waals surface area contributed by atoms with Crippen molar-refractivity contribution in [3.63, 3.8) is 0 Å². The lowest BCUT2D eigenvalue weighted by molar-refractivity contribution is 0.562. The van der Waals surface area contributed by atoms with E-state index in [-0.39, 0.29) is 7.43 Å². The Morgan fingerprint density at radius 2 is 1.13 bits per heavy atom. The SMILES string of the molecule is C.C=CCc1cc(-c2ccccc2)c(CC=C)c(CC=C)c1CC=C.N=C=O.N=C=O. The standard InChI is InChI=1S/C24H26.2CHNO.CH4/c1-5-12-20-18-24(19-16-10-9-11-17-19)23(15-8-4)22(14-7-3)21(20)13-6-2;2*2-1-3;/h5-11,16-18H,1-4,12-15H2;2*2H;1H4. The first-order valence-electron chi connectivity index (χ1n) is 9.33. The van der Waals surface area contributed by atoms with Crippen LogP contribution in [0.1, 0.15) is 29.7 Å². The molecule has 0 spiro atoms. The number of allylic oxidation sites excluding steroid dienone is 4. The van der Waals surface area contributed by atoms with E-state index >= 15 is 0 Å². The number of isocyanates is 2. The molecule has 0 saturated heterocycles. The predicted molar refractivity (Wildman–Crippen MR) is 131 cm³/mol. The maximum absolute atomic E-state index is 8.35. The van der Waals surface area contributed by atoms with Gasteiger partial charge in [0.05, 0.1) is 0 Å². The van der Waals surface area contributed by atoms with Crippen LogP contribution in [0.25, 0.3) is 11.1 Å². The molecule has 2 N–H and O–H groups in total. The van der Waals surface area contributed by atoms with Gasteiger partial charge in [-0.25, -0.2) is 20.4 Å². The monoisotopic (exact) mass is 416 g/mol. The van der Waals surface area contributed by atoms with Crippen LogP contribution in [0.3, 0.4) is 0 Å². The summed E-state index contributed by atoms with van der Waals surface area (Å²) in [4.78, 5) is 16.7. The zero-order chi connectivity index (χ0) is 22.8. The summed E-state index contributed by atoms with van der Waals surface area (Å²) in [6.45, 7) is 15.8. The minimum absolute atomic E-state index is 0. The Bertz CT molecular complexity index is 904. The second kappa shape index (κ2) is 18.2. The molecule has 0 atom stereocenters. The lowest BCUT2D eigenvalue weighted by atomic mass is 9.83. The second-order valence-electron chi connectivity index (χ2n) is 6.06. The number of nitrogens with one attached hydrogen (secondary N) is 2. The Kier molecular flexibility index (Phi) is 17.2. The highest BCUT2D eigenvalue weighted by Crippen LogP contribution is 2.33. The Labute approximate surface area is 186 Å². The molecule has 2 aromatic rings. The van der Waals surface area contributed by atoms with Gasteiger partial charge in [0.1, 0.15) is 0 Å². The van der Waals surface area contributed by atoms with Crippen molar-refractivity contribution in [1.82, 2.24) is 0 Å². The van der Waals surface area contributed by atoms with Crippen LogP contribution in [0.15, 0.2) is 87.0 Å². The van der Waals surface area contributed by atoms with Crippen molar-refractivity contribution >= 4 is 12.2 Å². The van der Waals surface area contributed by atoms with Crippen LogP contribution in [0.2, 0.25) is 0 Å². The summed E-state index contributed by atoms with van der Waals surface area (Å²) in [5.41, 5.74) is 7.94. The Morgan fingerprint density at radius 3 is 1.58 bits per heavy atom. The zero-order valence-corrected chi connectivity index (χ0v) is 17.2. The van der Waals surface area contributed by atoms with Crippen molar-refractivity contribution in [3.8, 4) is 11.1 Å². The molecule has 0 aliphatic rings. The fraction of sp³-hybridized carbons (Fsp3) is 0.185. The number of rotatable bonds is 9. The first-order chi connectivity index (χ1) is 14.6. The summed E-state index contributed by atoms with van der Waals surface area (Å²) in [6, 6.07) is 12.9. The summed E-state index contributed by atoms with van der Waals surface area (Å²) in [5, 5.41) is 10.8. The Balaban J connectivity index is 0. The molecule has 4 nitrogen and oxygen atoms in total. The van der Waals surface area contributed by atoms with E-state index in [4.69, 9.17) is 20.4 Å². The average Bonchev–Trinajstić information content (AvgIpc) is 2.74. The first kappa shape index (κ1) is 29.4. The first-order valence-corrected chi connectivity index (χ1v) is 9.33. The summed E-state index contributed by atoms with van der Waals surface area (Å²) < 4.78 is 0. The summed E-state index contributed by atoms with van der Waals surface area (Å²) in [7, 11) is 0. The fourth-order valence-corrected chi connectivity index (χ4v) is 3.27. The van der Waals surface area contributed by atoms with Gasteiger partial charge in [-0.05, 0) is 59.1 Å². The van der Waals surface area contributed by atoms with E-state index in [2.05, 4.69) is 62.7 Å². The Hall–Kier alpha value is -3.84. The minimum Gasteiger partial charge on any atom is -0.222 e. The molecule has 0 heterocycles. The average molecular weight is 417 g/mol. The topological polar surface area (TPSA) is 81.8 Å². The third kappa shape index (κ3) is 9.47. The lowest BCUT2D eigenvalue weighted by Gasteiger charge is -2.21. The number of hydrogen-bond acceptors (Lipinski definition) is 4. The van der Waals surface area contributed by atoms with Gasteiger partial charge >= 0.3 is 0 Å². The normalized spacial score (nSPS) is 8.39. The molecule has 0 fully saturated rings. The van der Waals surface area contributed by atoms with Gasteiger partial charge in [-0.2, -0.15) is 0 Å². The van der Waals surface area contributed by atoms with Crippen molar-refractivity contribution in [2.45, 2.75) is 33.1 Å². The maximum atomic E-state index is 8.35. The van der Waals surface area contributed by atoms with E-state index in [1.54, 1.807) is 0 Å². The summed E-state index contributed by atoms with van der Waals surface area (Å²) in [5.74, 6) is 0. The highest BCUT2D eigenvalue weighted by Gasteiger charge is 2.16. The van der Waals surface area contributed by atoms with E-state index in [1.807, 2.05) is 24.3 Å². The van der Waals surface area contributed by atoms with Crippen LogP contribution in [0, 0.1) is 10.8 Å². The molecule has 2 rings (SSSR count). The van der Waals surface area contributed by atoms with E-state index in [9.17, 15) is 0 Å². The van der Waals surface area contributed by atoms with Crippen LogP contribution in [-0.2, 0) is 35.3 Å². The van der Waals surface area contributed by atoms with E-state index in [1.165, 1.54) is 33.4 Å². The van der Waals surface area contributed by atoms with Gasteiger partial charge in [0.2, 0.25) is 12.2 Å². The molecule has 0 unspecified atom stereocenters. The molecule has 0 saturated carbocycles. The number of benzene rings is 2. The molecule has 0 aliphatic carbocycles. The van der Waals surface area contributed by atoms with Gasteiger partial charge in [-0.3, -0.25) is 0 Å². The third-order valence-electron chi connectivity index (χ3n) is 4.25. The molecule has 0 bridgehead atoms. The fourth-order valence-electron chi connectivity index (χ4n) is 3.27. The van der Waals surface area contributed by atoms with Crippen LogP contribution in [0.4, 0.5) is 0 Å². The van der Waals surface area contributed by atoms with E-state index in [0.717, 1.165) is 37.8 Å². The van der Waals surface area contributed by atoms with Crippen molar-refractivity contribution in [3.05, 3.63) is 109 Å². The highest BCUT2D eigenvalue weighted by atomic mass is 16.1. The van der Waals surface area contributed by atoms with Gasteiger partial charge in [-0.15, -0.1) is 26.3 Å². The molecule has 4 heteroatoms. The van der Waals surface area contributed by atoms with Crippen molar-refractivity contribution in [1.29, 1.82) is 10.8 Å². The molecular formula is C27H32N2O2. The van der Waals surface area contributed by atoms with Crippen molar-refractivity contribution in [2.75, 3.05) is 0 Å². The lowest BCUT2D eigenvalue weighted by Crippen LogP contribution is -2.06. The van der Waals surface area contributed by atoms with Crippen LogP contribution < -0.4 is 0 Å². The molecule has 2 aromatic carbocycles. The maximum Gasteiger partial charge on any atom is 0.231 e. The van der Waals surface area contributed by atoms with Gasteiger partial charge in [0.25, 0.3) is 0 Å². The largest absolute Gasteiger partial charge is 0.231 e. The number of hydrogen-bond donors (Lipinski definition) is 2. The van der Waals surface area contributed by atoms with Gasteiger partial charge in [0, 0.05) is 0 Å². The molecule has 31 heavy (non-hydrogen) atoms. The molecular weight excluding hydrogens is 384 g/mol. The third-order valence-corrected chi connectivity index (χ3v) is 4.25. The van der Waals surface area contributed by atoms with E-state index in [0.29, 0.717) is 0 Å². The number of carbonyl (C=O) groups excluding carboxylic acids is 2. The predicted octanol–water partition coefficient (Wildman–Crippen LogP) is 6.71. The molecule has 0 aliphatic heterocycles. The zero-order valence-electron chi connectivity index (χ0n) is 17.2. The van der Waals surface area contributed by atoms with Crippen LogP contribution in [0.5, 0.6) is 0 Å². The molecule has 0 aromatic heterocycles. The minimum atomic E-state index is 0. The van der Waals surface area contributed by atoms with Gasteiger partial charge in [-0.1, -0.05) is 68.1 Å². The smallest absolute Gasteiger partial charge is 0.222 e. The second-order valence-corrected chi connectivity index (χ2v) is 6.06. The highest BCUT2D eigenvalue weighted by molar-refractivity contribution is 5.72. The van der Waals surface area contributed by atoms with Crippen molar-refractivity contribution in [2.24, 2.45) is 0 Å². The quantitative estimate of drug-likeness (QED) is 0.271. The molecule has 162 valence electrons. The van der Waals surface area contributed by atoms with E-state index < -0.39 is 0 Å².